The molecule has 0 spiro atoms. The van der Waals surface area contributed by atoms with E-state index in [1.807, 2.05) is 0 Å². The van der Waals surface area contributed by atoms with E-state index in [0.717, 1.165) is 0 Å². The van der Waals surface area contributed by atoms with Gasteiger partial charge >= 0.3 is 41.8 Å². The number of esters is 7. The number of carbonyl (C=O) groups excluding carboxylic acids is 7. The van der Waals surface area contributed by atoms with E-state index in [1.54, 1.807) is 109 Å². The van der Waals surface area contributed by atoms with Crippen molar-refractivity contribution < 1.29 is 95.5 Å². The van der Waals surface area contributed by atoms with E-state index in [1.165, 1.54) is 93.6 Å². The summed E-state index contributed by atoms with van der Waals surface area (Å²) in [6.07, 6.45) is -25.4. The Morgan fingerprint density at radius 3 is 0.892 bits per heavy atom. The molecule has 0 radical (unpaired) electrons. The second-order valence-corrected chi connectivity index (χ2v) is 19.6. The highest BCUT2D eigenvalue weighted by atomic mass is 35.5. The highest BCUT2D eigenvalue weighted by molar-refractivity contribution is 6.26. The number of benzene rings is 6. The zero-order chi connectivity index (χ0) is 58.6. The molecule has 3 saturated heterocycles. The fraction of sp³-hybridized carbons (Fsp3) is 0.306. The molecular weight excluding hydrogens is 1100 g/mol. The van der Waals surface area contributed by atoms with Crippen molar-refractivity contribution in [3.8, 4) is 0 Å². The average Bonchev–Trinajstić information content (AvgIpc) is 2.81. The highest BCUT2D eigenvalue weighted by Crippen LogP contribution is 2.39. The first-order chi connectivity index (χ1) is 40.2. The topological polar surface area (TPSA) is 250 Å². The fourth-order valence-electron chi connectivity index (χ4n) is 9.55. The third kappa shape index (κ3) is 14.5. The van der Waals surface area contributed by atoms with Crippen molar-refractivity contribution in [3.05, 3.63) is 215 Å². The van der Waals surface area contributed by atoms with Gasteiger partial charge in [0.2, 0.25) is 0 Å². The molecule has 3 heterocycles. The highest BCUT2D eigenvalue weighted by Gasteiger charge is 2.59. The van der Waals surface area contributed by atoms with Gasteiger partial charge in [-0.2, -0.15) is 0 Å². The van der Waals surface area contributed by atoms with E-state index in [4.69, 9.17) is 68.4 Å². The Hall–Kier alpha value is -8.34. The van der Waals surface area contributed by atoms with Crippen LogP contribution in [0.2, 0.25) is 0 Å². The van der Waals surface area contributed by atoms with Crippen molar-refractivity contribution in [1.29, 1.82) is 0 Å². The standard InChI is InChI=1S/C62H57ClO20/c1-35-45(76-54(65)38-22-10-4-11-23-38)48(79-57(68)41-28-16-7-17-29-41)51(60(71)72-35)83-62-53(81-59(70)43-32-20-9-21-33-43)50(47(37(3)74-62)78-56(67)40-26-14-6-15-27-40)82-61-52(80-58(69)42-30-18-8-19-31-42)49(75-44(64)34-63)46(36(2)73-61)77-55(66)39-24-12-5-13-25-39/h4-33,35-37,45-53,60-62,71H,34H2,1-3H3/t35-,36-,37-,45-,46-,47-,48+,49+,50+,51+,52+,53+,60+,61-,62-/m0/s1. The minimum absolute atomic E-state index is 0.00722. The van der Waals surface area contributed by atoms with E-state index in [-0.39, 0.29) is 33.4 Å². The molecule has 0 amide bonds. The first-order valence-corrected chi connectivity index (χ1v) is 27.0. The smallest absolute Gasteiger partial charge is 0.338 e. The maximum absolute atomic E-state index is 14.6. The minimum Gasteiger partial charge on any atom is -0.453 e. The summed E-state index contributed by atoms with van der Waals surface area (Å²) >= 11 is 6.04. The van der Waals surface area contributed by atoms with Gasteiger partial charge in [-0.15, -0.1) is 11.6 Å². The molecule has 0 aliphatic carbocycles. The van der Waals surface area contributed by atoms with Crippen LogP contribution in [0.5, 0.6) is 0 Å². The fourth-order valence-corrected chi connectivity index (χ4v) is 9.61. The molecule has 6 aromatic carbocycles. The summed E-state index contributed by atoms with van der Waals surface area (Å²) < 4.78 is 75.4. The molecule has 3 aliphatic rings. The van der Waals surface area contributed by atoms with Crippen molar-refractivity contribution in [2.24, 2.45) is 0 Å². The lowest BCUT2D eigenvalue weighted by Gasteiger charge is -2.49. The van der Waals surface area contributed by atoms with E-state index in [9.17, 15) is 38.7 Å². The lowest BCUT2D eigenvalue weighted by molar-refractivity contribution is -0.375. The first-order valence-electron chi connectivity index (χ1n) is 26.4. The Labute approximate surface area is 481 Å². The monoisotopic (exact) mass is 1160 g/mol. The molecule has 0 bridgehead atoms. The van der Waals surface area contributed by atoms with Crippen molar-refractivity contribution in [2.45, 2.75) is 113 Å². The van der Waals surface area contributed by atoms with E-state index < -0.39 is 140 Å². The van der Waals surface area contributed by atoms with Gasteiger partial charge in [0.05, 0.1) is 51.7 Å². The Balaban J connectivity index is 1.16. The largest absolute Gasteiger partial charge is 0.453 e. The molecule has 3 fully saturated rings. The summed E-state index contributed by atoms with van der Waals surface area (Å²) in [4.78, 5) is 98.2. The second kappa shape index (κ2) is 27.6. The van der Waals surface area contributed by atoms with Crippen LogP contribution in [0.4, 0.5) is 0 Å². The second-order valence-electron chi connectivity index (χ2n) is 19.4. The first kappa shape index (κ1) is 59.3. The van der Waals surface area contributed by atoms with Crippen LogP contribution in [-0.4, -0.2) is 145 Å². The van der Waals surface area contributed by atoms with Gasteiger partial charge in [-0.05, 0) is 93.6 Å². The Morgan fingerprint density at radius 1 is 0.337 bits per heavy atom. The van der Waals surface area contributed by atoms with E-state index >= 15 is 0 Å². The third-order valence-corrected chi connectivity index (χ3v) is 13.9. The van der Waals surface area contributed by atoms with Gasteiger partial charge in [-0.1, -0.05) is 109 Å². The molecule has 0 unspecified atom stereocenters. The molecule has 21 heteroatoms. The third-order valence-electron chi connectivity index (χ3n) is 13.7. The van der Waals surface area contributed by atoms with Crippen LogP contribution in [0.3, 0.4) is 0 Å². The molecule has 3 aliphatic heterocycles. The number of hydrogen-bond donors (Lipinski definition) is 1. The molecule has 0 aromatic heterocycles. The predicted octanol–water partition coefficient (Wildman–Crippen LogP) is 7.49. The number of rotatable bonds is 18. The Kier molecular flexibility index (Phi) is 19.7. The van der Waals surface area contributed by atoms with Crippen molar-refractivity contribution >= 4 is 53.4 Å². The van der Waals surface area contributed by atoms with Gasteiger partial charge in [0.15, 0.2) is 67.7 Å². The minimum atomic E-state index is -2.00. The Morgan fingerprint density at radius 2 is 0.578 bits per heavy atom. The number of hydrogen-bond acceptors (Lipinski definition) is 20. The molecule has 432 valence electrons. The van der Waals surface area contributed by atoms with Gasteiger partial charge in [0.25, 0.3) is 0 Å². The summed E-state index contributed by atoms with van der Waals surface area (Å²) in [5.41, 5.74) is 0.370. The quantitative estimate of drug-likeness (QED) is 0.0497. The Bertz CT molecular complexity index is 3160. The summed E-state index contributed by atoms with van der Waals surface area (Å²) in [5.74, 6) is -7.35. The molecule has 83 heavy (non-hydrogen) atoms. The number of aliphatic hydroxyl groups is 1. The summed E-state index contributed by atoms with van der Waals surface area (Å²) in [5, 5.41) is 12.0. The molecule has 0 saturated carbocycles. The number of halogens is 1. The van der Waals surface area contributed by atoms with Crippen LogP contribution in [0, 0.1) is 0 Å². The van der Waals surface area contributed by atoms with Gasteiger partial charge in [0, 0.05) is 0 Å². The van der Waals surface area contributed by atoms with Gasteiger partial charge in [-0.25, -0.2) is 28.8 Å². The maximum Gasteiger partial charge on any atom is 0.338 e. The summed E-state index contributed by atoms with van der Waals surface area (Å²) in [6.45, 7) is 4.39. The van der Waals surface area contributed by atoms with Crippen molar-refractivity contribution in [1.82, 2.24) is 0 Å². The van der Waals surface area contributed by atoms with Crippen molar-refractivity contribution in [2.75, 3.05) is 5.88 Å². The van der Waals surface area contributed by atoms with E-state index in [2.05, 4.69) is 0 Å². The van der Waals surface area contributed by atoms with Gasteiger partial charge in [-0.3, -0.25) is 4.79 Å². The van der Waals surface area contributed by atoms with Crippen LogP contribution < -0.4 is 0 Å². The summed E-state index contributed by atoms with van der Waals surface area (Å²) in [6, 6.07) is 46.7. The predicted molar refractivity (Wildman–Crippen MR) is 289 cm³/mol. The number of alkyl halides is 1. The molecule has 9 rings (SSSR count). The molecule has 20 nitrogen and oxygen atoms in total. The van der Waals surface area contributed by atoms with E-state index in [0.29, 0.717) is 0 Å². The number of carbonyl (C=O) groups is 7. The van der Waals surface area contributed by atoms with Crippen LogP contribution in [0.1, 0.15) is 82.9 Å². The zero-order valence-corrected chi connectivity index (χ0v) is 45.5. The average molecular weight is 1160 g/mol. The van der Waals surface area contributed by atoms with Crippen molar-refractivity contribution in [3.63, 3.8) is 0 Å². The number of aliphatic hydroxyl groups excluding tert-OH is 1. The van der Waals surface area contributed by atoms with Crippen LogP contribution in [0.15, 0.2) is 182 Å². The molecule has 6 aromatic rings. The molecular formula is C62H57ClO20. The lowest BCUT2D eigenvalue weighted by atomic mass is 9.95. The molecule has 1 N–H and O–H groups in total. The summed E-state index contributed by atoms with van der Waals surface area (Å²) in [7, 11) is 0. The molecule has 15 atom stereocenters. The van der Waals surface area contributed by atoms with Gasteiger partial charge < -0.3 is 61.9 Å². The SMILES string of the molecule is C[C@@H]1O[C@@H](O)[C@H](O[C@@H]2O[C@@H](C)[C@H](OC(=O)c3ccccc3)[C@@H](O[C@@H]3O[C@@H](C)[C@H](OC(=O)c4ccccc4)[C@@H](OC(=O)CCl)[C@H]3OC(=O)c3ccccc3)[C@H]2OC(=O)c2ccccc2)[C@H](OC(=O)c2ccccc2)[C@H]1OC(=O)c1ccccc1. The van der Waals surface area contributed by atoms with Gasteiger partial charge in [0.1, 0.15) is 12.0 Å². The van der Waals surface area contributed by atoms with Crippen LogP contribution >= 0.6 is 11.6 Å². The van der Waals surface area contributed by atoms with Crippen LogP contribution in [0.25, 0.3) is 0 Å². The number of ether oxygens (including phenoxy) is 12. The lowest BCUT2D eigenvalue weighted by Crippen LogP contribution is -2.67. The maximum atomic E-state index is 14.6. The van der Waals surface area contributed by atoms with Crippen LogP contribution in [-0.2, 0) is 61.6 Å². The zero-order valence-electron chi connectivity index (χ0n) is 44.8. The normalized spacial score (nSPS) is 27.6.